The summed E-state index contributed by atoms with van der Waals surface area (Å²) >= 11 is 0. The first kappa shape index (κ1) is 16.6. The summed E-state index contributed by atoms with van der Waals surface area (Å²) in [6, 6.07) is 17.0. The van der Waals surface area contributed by atoms with E-state index in [9.17, 15) is 0 Å². The second-order valence-electron chi connectivity index (χ2n) is 6.70. The van der Waals surface area contributed by atoms with Gasteiger partial charge in [-0.2, -0.15) is 0 Å². The standard InChI is InChI=1S/C19H22O.C2H6/c1-14-9-5-6-10-15(14)19(4)13-18(2,3)16-11-7-8-12-17(16)20-19;1-2/h5-12H,13H2,1-4H3;1-2H3. The van der Waals surface area contributed by atoms with Gasteiger partial charge in [0.25, 0.3) is 0 Å². The van der Waals surface area contributed by atoms with Crippen LogP contribution in [0.4, 0.5) is 0 Å². The molecule has 0 radical (unpaired) electrons. The van der Waals surface area contributed by atoms with Crippen LogP contribution in [-0.4, -0.2) is 0 Å². The zero-order valence-electron chi connectivity index (χ0n) is 14.7. The highest BCUT2D eigenvalue weighted by Gasteiger charge is 2.43. The third kappa shape index (κ3) is 2.90. The van der Waals surface area contributed by atoms with Gasteiger partial charge in [0.1, 0.15) is 11.4 Å². The van der Waals surface area contributed by atoms with E-state index >= 15 is 0 Å². The molecule has 1 nitrogen and oxygen atoms in total. The average molecular weight is 296 g/mol. The molecule has 0 bridgehead atoms. The van der Waals surface area contributed by atoms with Crippen LogP contribution in [0.15, 0.2) is 48.5 Å². The summed E-state index contributed by atoms with van der Waals surface area (Å²) in [5.41, 5.74) is 3.76. The fourth-order valence-electron chi connectivity index (χ4n) is 3.65. The van der Waals surface area contributed by atoms with Crippen molar-refractivity contribution < 1.29 is 4.74 Å². The van der Waals surface area contributed by atoms with Gasteiger partial charge in [-0.25, -0.2) is 0 Å². The molecule has 0 aromatic heterocycles. The number of ether oxygens (including phenoxy) is 1. The maximum Gasteiger partial charge on any atom is 0.132 e. The molecule has 0 fully saturated rings. The monoisotopic (exact) mass is 296 g/mol. The first-order valence-corrected chi connectivity index (χ1v) is 8.27. The molecule has 0 saturated heterocycles. The van der Waals surface area contributed by atoms with Crippen molar-refractivity contribution in [3.05, 3.63) is 65.2 Å². The Balaban J connectivity index is 0.000000847. The van der Waals surface area contributed by atoms with Crippen LogP contribution >= 0.6 is 0 Å². The number of aryl methyl sites for hydroxylation is 1. The molecule has 1 atom stereocenters. The summed E-state index contributed by atoms with van der Waals surface area (Å²) in [6.45, 7) is 13.0. The summed E-state index contributed by atoms with van der Waals surface area (Å²) < 4.78 is 6.42. The van der Waals surface area contributed by atoms with E-state index in [2.05, 4.69) is 76.2 Å². The molecule has 0 N–H and O–H groups in total. The highest BCUT2D eigenvalue weighted by atomic mass is 16.5. The molecule has 0 saturated carbocycles. The van der Waals surface area contributed by atoms with Gasteiger partial charge in [-0.05, 0) is 42.0 Å². The lowest BCUT2D eigenvalue weighted by Gasteiger charge is -2.45. The van der Waals surface area contributed by atoms with Crippen molar-refractivity contribution >= 4 is 0 Å². The number of fused-ring (bicyclic) bond motifs is 1. The Morgan fingerprint density at radius 1 is 0.818 bits per heavy atom. The lowest BCUT2D eigenvalue weighted by Crippen LogP contribution is -2.42. The zero-order valence-corrected chi connectivity index (χ0v) is 14.7. The van der Waals surface area contributed by atoms with Gasteiger partial charge in [0.2, 0.25) is 0 Å². The van der Waals surface area contributed by atoms with Gasteiger partial charge in [-0.3, -0.25) is 0 Å². The van der Waals surface area contributed by atoms with Crippen LogP contribution in [0.5, 0.6) is 5.75 Å². The predicted molar refractivity (Wildman–Crippen MR) is 94.6 cm³/mol. The number of hydrogen-bond donors (Lipinski definition) is 0. The lowest BCUT2D eigenvalue weighted by atomic mass is 9.70. The van der Waals surface area contributed by atoms with Gasteiger partial charge in [0.15, 0.2) is 0 Å². The summed E-state index contributed by atoms with van der Waals surface area (Å²) in [4.78, 5) is 0. The molecule has 22 heavy (non-hydrogen) atoms. The zero-order chi connectivity index (χ0) is 16.4. The summed E-state index contributed by atoms with van der Waals surface area (Å²) in [6.07, 6.45) is 0.988. The molecule has 1 heterocycles. The van der Waals surface area contributed by atoms with Crippen LogP contribution in [0, 0.1) is 6.92 Å². The normalized spacial score (nSPS) is 21.9. The number of hydrogen-bond acceptors (Lipinski definition) is 1. The molecule has 0 amide bonds. The Kier molecular flexibility index (Phi) is 4.65. The third-order valence-corrected chi connectivity index (χ3v) is 4.45. The SMILES string of the molecule is CC.Cc1ccccc1C1(C)CC(C)(C)c2ccccc2O1. The molecule has 0 aliphatic carbocycles. The number of benzene rings is 2. The van der Waals surface area contributed by atoms with Crippen LogP contribution < -0.4 is 4.74 Å². The minimum atomic E-state index is -0.261. The highest BCUT2D eigenvalue weighted by Crippen LogP contribution is 2.48. The molecule has 1 unspecified atom stereocenters. The molecule has 0 spiro atoms. The highest BCUT2D eigenvalue weighted by molar-refractivity contribution is 5.44. The second kappa shape index (κ2) is 6.16. The van der Waals surface area contributed by atoms with Crippen molar-refractivity contribution in [1.82, 2.24) is 0 Å². The smallest absolute Gasteiger partial charge is 0.132 e. The van der Waals surface area contributed by atoms with Gasteiger partial charge in [-0.15, -0.1) is 0 Å². The van der Waals surface area contributed by atoms with Gasteiger partial charge in [0.05, 0.1) is 0 Å². The Morgan fingerprint density at radius 2 is 1.36 bits per heavy atom. The van der Waals surface area contributed by atoms with E-state index in [1.807, 2.05) is 13.8 Å². The maximum absolute atomic E-state index is 6.42. The largest absolute Gasteiger partial charge is 0.483 e. The summed E-state index contributed by atoms with van der Waals surface area (Å²) in [7, 11) is 0. The van der Waals surface area contributed by atoms with Crippen LogP contribution in [0.25, 0.3) is 0 Å². The van der Waals surface area contributed by atoms with E-state index in [-0.39, 0.29) is 11.0 Å². The minimum Gasteiger partial charge on any atom is -0.483 e. The lowest BCUT2D eigenvalue weighted by molar-refractivity contribution is 0.0319. The fourth-order valence-corrected chi connectivity index (χ4v) is 3.65. The molecule has 1 heteroatoms. The van der Waals surface area contributed by atoms with Crippen LogP contribution in [0.2, 0.25) is 0 Å². The molecule has 118 valence electrons. The Hall–Kier alpha value is -1.76. The van der Waals surface area contributed by atoms with E-state index in [1.54, 1.807) is 0 Å². The maximum atomic E-state index is 6.42. The fraction of sp³-hybridized carbons (Fsp3) is 0.429. The van der Waals surface area contributed by atoms with E-state index < -0.39 is 0 Å². The van der Waals surface area contributed by atoms with Crippen LogP contribution in [0.3, 0.4) is 0 Å². The molecular weight excluding hydrogens is 268 g/mol. The van der Waals surface area contributed by atoms with E-state index in [0.717, 1.165) is 12.2 Å². The third-order valence-electron chi connectivity index (χ3n) is 4.45. The second-order valence-corrected chi connectivity index (χ2v) is 6.70. The van der Waals surface area contributed by atoms with E-state index in [0.29, 0.717) is 0 Å². The van der Waals surface area contributed by atoms with Gasteiger partial charge in [-0.1, -0.05) is 70.2 Å². The molecule has 2 aromatic rings. The molecule has 2 aromatic carbocycles. The van der Waals surface area contributed by atoms with Crippen molar-refractivity contribution in [3.63, 3.8) is 0 Å². The Labute approximate surface area is 135 Å². The first-order chi connectivity index (χ1) is 10.4. The van der Waals surface area contributed by atoms with Gasteiger partial charge >= 0.3 is 0 Å². The first-order valence-electron chi connectivity index (χ1n) is 8.27. The average Bonchev–Trinajstić information content (AvgIpc) is 2.48. The Bertz CT molecular complexity index is 642. The van der Waals surface area contributed by atoms with Crippen molar-refractivity contribution in [2.24, 2.45) is 0 Å². The van der Waals surface area contributed by atoms with E-state index in [4.69, 9.17) is 4.74 Å². The quantitative estimate of drug-likeness (QED) is 0.627. The summed E-state index contributed by atoms with van der Waals surface area (Å²) in [5.74, 6) is 1.02. The number of para-hydroxylation sites is 1. The minimum absolute atomic E-state index is 0.117. The molecule has 1 aliphatic rings. The van der Waals surface area contributed by atoms with Gasteiger partial charge < -0.3 is 4.74 Å². The summed E-state index contributed by atoms with van der Waals surface area (Å²) in [5, 5.41) is 0. The van der Waals surface area contributed by atoms with Crippen LogP contribution in [-0.2, 0) is 11.0 Å². The van der Waals surface area contributed by atoms with Gasteiger partial charge in [0, 0.05) is 6.42 Å². The molecule has 1 aliphatic heterocycles. The van der Waals surface area contributed by atoms with Crippen molar-refractivity contribution in [2.45, 2.75) is 59.0 Å². The molecule has 3 rings (SSSR count). The van der Waals surface area contributed by atoms with E-state index in [1.165, 1.54) is 16.7 Å². The van der Waals surface area contributed by atoms with Crippen LogP contribution in [0.1, 0.15) is 57.7 Å². The topological polar surface area (TPSA) is 9.23 Å². The van der Waals surface area contributed by atoms with Crippen molar-refractivity contribution in [1.29, 1.82) is 0 Å². The molecular formula is C21H28O. The Morgan fingerprint density at radius 3 is 2.00 bits per heavy atom. The number of rotatable bonds is 1. The van der Waals surface area contributed by atoms with Crippen molar-refractivity contribution in [3.8, 4) is 5.75 Å². The van der Waals surface area contributed by atoms with Crippen molar-refractivity contribution in [2.75, 3.05) is 0 Å². The predicted octanol–water partition coefficient (Wildman–Crippen LogP) is 6.00.